The summed E-state index contributed by atoms with van der Waals surface area (Å²) in [6.07, 6.45) is -2.79. The van der Waals surface area contributed by atoms with Crippen LogP contribution in [0.1, 0.15) is 76.8 Å². The van der Waals surface area contributed by atoms with Crippen LogP contribution < -0.4 is 20.7 Å². The van der Waals surface area contributed by atoms with Crippen molar-refractivity contribution in [1.82, 2.24) is 34.5 Å². The van der Waals surface area contributed by atoms with Crippen LogP contribution in [0.5, 0.6) is 11.6 Å². The van der Waals surface area contributed by atoms with E-state index in [1.165, 1.54) is 28.9 Å². The minimum atomic E-state index is -4.38. The Labute approximate surface area is 391 Å². The Hall–Kier alpha value is -6.64. The molecule has 356 valence electrons. The first kappa shape index (κ1) is 47.8. The average Bonchev–Trinajstić information content (AvgIpc) is 4.18. The van der Waals surface area contributed by atoms with Gasteiger partial charge in [0.25, 0.3) is 5.91 Å². The summed E-state index contributed by atoms with van der Waals surface area (Å²) >= 11 is 3.31. The Morgan fingerprint density at radius 3 is 1.84 bits per heavy atom. The van der Waals surface area contributed by atoms with Gasteiger partial charge < -0.3 is 20.7 Å². The largest absolute Gasteiger partial charge is 0.434 e. The first-order valence-electron chi connectivity index (χ1n) is 21.5. The summed E-state index contributed by atoms with van der Waals surface area (Å²) in [5.74, 6) is -2.48. The van der Waals surface area contributed by atoms with Gasteiger partial charge in [-0.3, -0.25) is 9.59 Å². The van der Waals surface area contributed by atoms with E-state index in [1.807, 2.05) is 25.1 Å². The van der Waals surface area contributed by atoms with Crippen LogP contribution in [0.2, 0.25) is 0 Å². The maximum absolute atomic E-state index is 14.2. The van der Waals surface area contributed by atoms with E-state index in [9.17, 15) is 44.7 Å². The second-order valence-electron chi connectivity index (χ2n) is 16.7. The molecule has 12 nitrogen and oxygen atoms in total. The van der Waals surface area contributed by atoms with E-state index in [0.717, 1.165) is 48.4 Å². The summed E-state index contributed by atoms with van der Waals surface area (Å²) in [4.78, 5) is 33.6. The van der Waals surface area contributed by atoms with Gasteiger partial charge in [-0.1, -0.05) is 24.3 Å². The summed E-state index contributed by atoms with van der Waals surface area (Å²) in [7, 11) is 0. The van der Waals surface area contributed by atoms with Gasteiger partial charge in [-0.05, 0) is 109 Å². The summed E-state index contributed by atoms with van der Waals surface area (Å²) in [5.41, 5.74) is 6.65. The van der Waals surface area contributed by atoms with Crippen LogP contribution in [0.25, 0.3) is 33.8 Å². The van der Waals surface area contributed by atoms with Crippen molar-refractivity contribution in [3.8, 4) is 34.1 Å². The zero-order valence-electron chi connectivity index (χ0n) is 36.3. The molecule has 0 atom stereocenters. The van der Waals surface area contributed by atoms with Crippen LogP contribution in [-0.4, -0.2) is 72.4 Å². The molecule has 1 amide bonds. The molecule has 4 heterocycles. The molecule has 0 saturated heterocycles. The molecular weight excluding hydrogens is 970 g/mol. The normalized spacial score (nSPS) is 13.9. The molecule has 3 N–H and O–H groups in total. The SMILES string of the molecule is Cc1cc(-c2cnc3c(NCCC(F)(F)F)cc(Br)nn23)ccc1C(=O)CC1CC1.Cc1cc(-c2cnc3c(NCCC(F)(F)F)cc(Oc4cccc(F)c4F)nn23)ccc1C(=O)NC1CC1. The third-order valence-electron chi connectivity index (χ3n) is 11.1. The minimum Gasteiger partial charge on any atom is -0.434 e. The second-order valence-corrected chi connectivity index (χ2v) is 17.5. The number of aryl methyl sites for hydroxylation is 2. The van der Waals surface area contributed by atoms with Gasteiger partial charge in [0, 0.05) is 53.9 Å². The zero-order valence-corrected chi connectivity index (χ0v) is 37.9. The van der Waals surface area contributed by atoms with E-state index < -0.39 is 49.1 Å². The molecular formula is C47H42BrF8N9O3. The monoisotopic (exact) mass is 1010 g/mol. The number of rotatable bonds is 15. The number of alkyl halides is 6. The fourth-order valence-electron chi connectivity index (χ4n) is 7.34. The van der Waals surface area contributed by atoms with Gasteiger partial charge in [0.2, 0.25) is 11.7 Å². The lowest BCUT2D eigenvalue weighted by molar-refractivity contribution is -0.132. The van der Waals surface area contributed by atoms with Crippen LogP contribution in [0, 0.1) is 31.4 Å². The standard InChI is InChI=1S/C26H22F5N5O2.C21H20BrF3N4O/c1-14-11-15(5-8-17(14)25(37)34-16-6-7-16)20-13-33-24-19(32-10-9-26(29,30)31)12-22(35-36(20)24)38-21-4-2-3-18(27)23(21)28;1-12-8-14(4-5-15(12)18(30)9-13-2-3-13)17-11-27-20-16(10-19(22)28-29(17)20)26-7-6-21(23,24)25/h2-5,8,11-13,16,32H,6-7,9-10H2,1H3,(H,34,37);4-5,8,10-11,13,26H,2-3,6-7,9H2,1H3. The van der Waals surface area contributed by atoms with E-state index in [2.05, 4.69) is 52.0 Å². The zero-order chi connectivity index (χ0) is 48.5. The van der Waals surface area contributed by atoms with Crippen molar-refractivity contribution in [2.45, 2.75) is 77.2 Å². The second kappa shape index (κ2) is 19.5. The lowest BCUT2D eigenvalue weighted by atomic mass is 9.98. The number of carbonyl (C=O) groups is 2. The molecule has 0 aliphatic heterocycles. The summed E-state index contributed by atoms with van der Waals surface area (Å²) in [6.45, 7) is 2.98. The predicted molar refractivity (Wildman–Crippen MR) is 241 cm³/mol. The molecule has 21 heteroatoms. The number of ether oxygens (including phenoxy) is 1. The third-order valence-corrected chi connectivity index (χ3v) is 11.5. The fraction of sp³-hybridized carbons (Fsp3) is 0.319. The lowest BCUT2D eigenvalue weighted by Crippen LogP contribution is -2.26. The predicted octanol–water partition coefficient (Wildman–Crippen LogP) is 11.8. The first-order chi connectivity index (χ1) is 32.3. The number of hydrogen-bond donors (Lipinski definition) is 3. The molecule has 2 aliphatic carbocycles. The molecule has 9 rings (SSSR count). The number of benzene rings is 3. The molecule has 4 aromatic heterocycles. The Morgan fingerprint density at radius 2 is 1.29 bits per heavy atom. The molecule has 2 aliphatic rings. The smallest absolute Gasteiger partial charge is 0.390 e. The van der Waals surface area contributed by atoms with E-state index in [0.29, 0.717) is 56.4 Å². The highest BCUT2D eigenvalue weighted by Gasteiger charge is 2.29. The minimum absolute atomic E-state index is 0.152. The van der Waals surface area contributed by atoms with Gasteiger partial charge in [0.15, 0.2) is 28.6 Å². The van der Waals surface area contributed by atoms with Crippen LogP contribution >= 0.6 is 15.9 Å². The number of aromatic nitrogens is 6. The van der Waals surface area contributed by atoms with Crippen LogP contribution in [0.4, 0.5) is 46.5 Å². The molecule has 0 spiro atoms. The molecule has 0 bridgehead atoms. The third kappa shape index (κ3) is 11.7. The quantitative estimate of drug-likeness (QED) is 0.0676. The molecule has 7 aromatic rings. The van der Waals surface area contributed by atoms with E-state index >= 15 is 0 Å². The van der Waals surface area contributed by atoms with Crippen molar-refractivity contribution >= 4 is 50.3 Å². The van der Waals surface area contributed by atoms with Crippen LogP contribution in [0.3, 0.4) is 0 Å². The summed E-state index contributed by atoms with van der Waals surface area (Å²) in [5, 5.41) is 17.1. The van der Waals surface area contributed by atoms with Crippen molar-refractivity contribution in [1.29, 1.82) is 0 Å². The summed E-state index contributed by atoms with van der Waals surface area (Å²) in [6, 6.07) is 17.2. The number of halogens is 9. The topological polar surface area (TPSA) is 140 Å². The number of fused-ring (bicyclic) bond motifs is 2. The van der Waals surface area contributed by atoms with Gasteiger partial charge in [0.05, 0.1) is 48.0 Å². The van der Waals surface area contributed by atoms with Crippen molar-refractivity contribution in [2.75, 3.05) is 23.7 Å². The Kier molecular flexibility index (Phi) is 13.7. The number of imidazole rings is 2. The number of carbonyl (C=O) groups excluding carboxylic acids is 2. The number of amides is 1. The fourth-order valence-corrected chi connectivity index (χ4v) is 7.73. The maximum Gasteiger partial charge on any atom is 0.390 e. The highest BCUT2D eigenvalue weighted by Crippen LogP contribution is 2.36. The van der Waals surface area contributed by atoms with Crippen molar-refractivity contribution in [3.05, 3.63) is 118 Å². The number of Topliss-reactive ketones (excluding diaryl/α,β-unsaturated/α-hetero) is 1. The van der Waals surface area contributed by atoms with Gasteiger partial charge in [-0.25, -0.2) is 23.4 Å². The first-order valence-corrected chi connectivity index (χ1v) is 22.3. The molecule has 0 unspecified atom stereocenters. The van der Waals surface area contributed by atoms with Crippen LogP contribution in [-0.2, 0) is 0 Å². The molecule has 68 heavy (non-hydrogen) atoms. The Bertz CT molecular complexity index is 3020. The van der Waals surface area contributed by atoms with Crippen molar-refractivity contribution in [2.24, 2.45) is 5.92 Å². The Morgan fingerprint density at radius 1 is 0.735 bits per heavy atom. The van der Waals surface area contributed by atoms with Gasteiger partial charge in [-0.15, -0.1) is 5.10 Å². The van der Waals surface area contributed by atoms with Crippen molar-refractivity contribution in [3.63, 3.8) is 0 Å². The van der Waals surface area contributed by atoms with Crippen molar-refractivity contribution < 1.29 is 49.4 Å². The van der Waals surface area contributed by atoms with Gasteiger partial charge in [0.1, 0.15) is 4.60 Å². The highest BCUT2D eigenvalue weighted by atomic mass is 79.9. The molecule has 0 radical (unpaired) electrons. The van der Waals surface area contributed by atoms with E-state index in [4.69, 9.17) is 4.74 Å². The van der Waals surface area contributed by atoms with E-state index in [1.54, 1.807) is 41.9 Å². The van der Waals surface area contributed by atoms with Gasteiger partial charge >= 0.3 is 12.4 Å². The van der Waals surface area contributed by atoms with E-state index in [-0.39, 0.29) is 41.5 Å². The molecule has 2 fully saturated rings. The maximum atomic E-state index is 14.2. The number of hydrogen-bond acceptors (Lipinski definition) is 9. The summed E-state index contributed by atoms with van der Waals surface area (Å²) < 4.78 is 112. The molecule has 3 aromatic carbocycles. The lowest BCUT2D eigenvalue weighted by Gasteiger charge is -2.13. The van der Waals surface area contributed by atoms with Crippen LogP contribution in [0.15, 0.2) is 83.7 Å². The molecule has 2 saturated carbocycles. The number of nitrogens with one attached hydrogen (secondary N) is 3. The van der Waals surface area contributed by atoms with Gasteiger partial charge in [-0.2, -0.15) is 35.8 Å². The average molecular weight is 1010 g/mol. The number of ketones is 1. The number of anilines is 2. The number of nitrogens with zero attached hydrogens (tertiary/aromatic N) is 6. The Balaban J connectivity index is 0.000000189. The highest BCUT2D eigenvalue weighted by molar-refractivity contribution is 9.10.